The highest BCUT2D eigenvalue weighted by atomic mass is 79.9. The molecule has 6 heteroatoms. The molecule has 21 heavy (non-hydrogen) atoms. The molecule has 0 atom stereocenters. The Labute approximate surface area is 139 Å². The third-order valence-electron chi connectivity index (χ3n) is 3.27. The zero-order valence-electron chi connectivity index (χ0n) is 11.0. The molecule has 3 rings (SSSR count). The second kappa shape index (κ2) is 6.18. The van der Waals surface area contributed by atoms with Crippen molar-refractivity contribution < 1.29 is 0 Å². The molecule has 2 aromatic heterocycles. The number of fused-ring (bicyclic) bond motifs is 1. The summed E-state index contributed by atoms with van der Waals surface area (Å²) in [7, 11) is 0. The lowest BCUT2D eigenvalue weighted by atomic mass is 10.2. The number of rotatable bonds is 4. The highest BCUT2D eigenvalue weighted by Crippen LogP contribution is 2.27. The first-order chi connectivity index (χ1) is 10.2. The van der Waals surface area contributed by atoms with Gasteiger partial charge in [0, 0.05) is 21.7 Å². The SMILES string of the molecule is N#Cc1ccc2nc(CCCl)n(Cc3sccc3Br)c2c1. The average molecular weight is 381 g/mol. The van der Waals surface area contributed by atoms with E-state index in [0.29, 0.717) is 17.9 Å². The normalized spacial score (nSPS) is 10.9. The second-order valence-electron chi connectivity index (χ2n) is 4.56. The highest BCUT2D eigenvalue weighted by molar-refractivity contribution is 9.10. The monoisotopic (exact) mass is 379 g/mol. The average Bonchev–Trinajstić information content (AvgIpc) is 3.04. The van der Waals surface area contributed by atoms with Crippen molar-refractivity contribution in [1.82, 2.24) is 9.55 Å². The Bertz CT molecular complexity index is 831. The van der Waals surface area contributed by atoms with E-state index >= 15 is 0 Å². The van der Waals surface area contributed by atoms with Gasteiger partial charge in [0.1, 0.15) is 5.82 Å². The van der Waals surface area contributed by atoms with Gasteiger partial charge in [-0.1, -0.05) is 0 Å². The molecule has 0 fully saturated rings. The fourth-order valence-electron chi connectivity index (χ4n) is 2.28. The van der Waals surface area contributed by atoms with Crippen molar-refractivity contribution in [1.29, 1.82) is 5.26 Å². The van der Waals surface area contributed by atoms with Gasteiger partial charge in [0.2, 0.25) is 0 Å². The summed E-state index contributed by atoms with van der Waals surface area (Å²) in [4.78, 5) is 5.88. The van der Waals surface area contributed by atoms with Crippen LogP contribution in [0.5, 0.6) is 0 Å². The first-order valence-electron chi connectivity index (χ1n) is 6.40. The molecule has 0 unspecified atom stereocenters. The van der Waals surface area contributed by atoms with E-state index in [4.69, 9.17) is 16.9 Å². The van der Waals surface area contributed by atoms with Gasteiger partial charge >= 0.3 is 0 Å². The lowest BCUT2D eigenvalue weighted by molar-refractivity contribution is 0.761. The van der Waals surface area contributed by atoms with E-state index in [-0.39, 0.29) is 0 Å². The Hall–Kier alpha value is -1.35. The third kappa shape index (κ3) is 2.84. The first-order valence-corrected chi connectivity index (χ1v) is 8.60. The Morgan fingerprint density at radius 2 is 2.24 bits per heavy atom. The fraction of sp³-hybridized carbons (Fsp3) is 0.200. The Morgan fingerprint density at radius 3 is 2.90 bits per heavy atom. The van der Waals surface area contributed by atoms with Crippen molar-refractivity contribution in [3.8, 4) is 6.07 Å². The minimum Gasteiger partial charge on any atom is -0.323 e. The maximum Gasteiger partial charge on any atom is 0.111 e. The number of nitrogens with zero attached hydrogens (tertiary/aromatic N) is 3. The van der Waals surface area contributed by atoms with E-state index in [2.05, 4.69) is 36.9 Å². The maximum absolute atomic E-state index is 9.09. The number of nitriles is 1. The van der Waals surface area contributed by atoms with Crippen LogP contribution >= 0.6 is 38.9 Å². The highest BCUT2D eigenvalue weighted by Gasteiger charge is 2.13. The summed E-state index contributed by atoms with van der Waals surface area (Å²) in [6, 6.07) is 9.81. The van der Waals surface area contributed by atoms with Gasteiger partial charge in [0.25, 0.3) is 0 Å². The van der Waals surface area contributed by atoms with Crippen LogP contribution in [-0.4, -0.2) is 15.4 Å². The van der Waals surface area contributed by atoms with Crippen molar-refractivity contribution >= 4 is 49.9 Å². The summed E-state index contributed by atoms with van der Waals surface area (Å²) in [5, 5.41) is 11.1. The number of aryl methyl sites for hydroxylation is 1. The van der Waals surface area contributed by atoms with Crippen LogP contribution in [0.4, 0.5) is 0 Å². The minimum atomic E-state index is 0.528. The van der Waals surface area contributed by atoms with Crippen LogP contribution in [0.2, 0.25) is 0 Å². The summed E-state index contributed by atoms with van der Waals surface area (Å²) in [5.74, 6) is 1.48. The number of halogens is 2. The number of hydrogen-bond acceptors (Lipinski definition) is 3. The zero-order valence-corrected chi connectivity index (χ0v) is 14.2. The molecule has 0 aliphatic rings. The number of aromatic nitrogens is 2. The predicted molar refractivity (Wildman–Crippen MR) is 90.0 cm³/mol. The molecule has 3 aromatic rings. The van der Waals surface area contributed by atoms with Crippen molar-refractivity contribution in [2.75, 3.05) is 5.88 Å². The van der Waals surface area contributed by atoms with Crippen LogP contribution in [0.25, 0.3) is 11.0 Å². The summed E-state index contributed by atoms with van der Waals surface area (Å²) >= 11 is 11.2. The van der Waals surface area contributed by atoms with Crippen LogP contribution in [-0.2, 0) is 13.0 Å². The van der Waals surface area contributed by atoms with Crippen LogP contribution in [0.3, 0.4) is 0 Å². The quantitative estimate of drug-likeness (QED) is 0.623. The van der Waals surface area contributed by atoms with Crippen molar-refractivity contribution in [2.24, 2.45) is 0 Å². The van der Waals surface area contributed by atoms with E-state index in [1.807, 2.05) is 18.2 Å². The maximum atomic E-state index is 9.09. The van der Waals surface area contributed by atoms with Crippen molar-refractivity contribution in [3.05, 3.63) is 50.4 Å². The summed E-state index contributed by atoms with van der Waals surface area (Å²) < 4.78 is 3.25. The lowest BCUT2D eigenvalue weighted by Crippen LogP contribution is -2.05. The molecule has 3 nitrogen and oxygen atoms in total. The summed E-state index contributed by atoms with van der Waals surface area (Å²) in [5.41, 5.74) is 2.53. The molecular formula is C15H11BrClN3S. The van der Waals surface area contributed by atoms with Gasteiger partial charge in [-0.15, -0.1) is 22.9 Å². The standard InChI is InChI=1S/C15H11BrClN3S/c16-11-4-6-21-14(11)9-20-13-7-10(8-18)1-2-12(13)19-15(20)3-5-17/h1-2,4,6-7H,3,5,9H2. The molecule has 0 radical (unpaired) electrons. The Kier molecular flexibility index (Phi) is 4.29. The Balaban J connectivity index is 2.14. The Morgan fingerprint density at radius 1 is 1.38 bits per heavy atom. The number of benzene rings is 1. The molecular weight excluding hydrogens is 370 g/mol. The van der Waals surface area contributed by atoms with Gasteiger partial charge in [0.15, 0.2) is 0 Å². The van der Waals surface area contributed by atoms with E-state index in [1.165, 1.54) is 4.88 Å². The fourth-order valence-corrected chi connectivity index (χ4v) is 3.91. The molecule has 0 bridgehead atoms. The molecule has 106 valence electrons. The summed E-state index contributed by atoms with van der Waals surface area (Å²) in [6.07, 6.45) is 0.709. The molecule has 1 aromatic carbocycles. The smallest absolute Gasteiger partial charge is 0.111 e. The second-order valence-corrected chi connectivity index (χ2v) is 6.79. The zero-order chi connectivity index (χ0) is 14.8. The molecule has 0 spiro atoms. The first kappa shape index (κ1) is 14.6. The topological polar surface area (TPSA) is 41.6 Å². The molecule has 2 heterocycles. The van der Waals surface area contributed by atoms with E-state index in [1.54, 1.807) is 17.4 Å². The van der Waals surface area contributed by atoms with Crippen LogP contribution in [0, 0.1) is 11.3 Å². The van der Waals surface area contributed by atoms with Crippen molar-refractivity contribution in [2.45, 2.75) is 13.0 Å². The van der Waals surface area contributed by atoms with Gasteiger partial charge in [-0.3, -0.25) is 0 Å². The predicted octanol–water partition coefficient (Wildman–Crippen LogP) is 4.56. The van der Waals surface area contributed by atoms with Crippen LogP contribution < -0.4 is 0 Å². The van der Waals surface area contributed by atoms with Gasteiger partial charge in [0.05, 0.1) is 29.2 Å². The number of hydrogen-bond donors (Lipinski definition) is 0. The van der Waals surface area contributed by atoms with Crippen LogP contribution in [0.1, 0.15) is 16.3 Å². The van der Waals surface area contributed by atoms with E-state index < -0.39 is 0 Å². The largest absolute Gasteiger partial charge is 0.323 e. The molecule has 0 amide bonds. The number of imidazole rings is 1. The molecule has 0 aliphatic carbocycles. The number of alkyl halides is 1. The summed E-state index contributed by atoms with van der Waals surface area (Å²) in [6.45, 7) is 0.732. The molecule has 0 saturated heterocycles. The van der Waals surface area contributed by atoms with Gasteiger partial charge in [-0.2, -0.15) is 5.26 Å². The number of thiophene rings is 1. The lowest BCUT2D eigenvalue weighted by Gasteiger charge is -2.08. The molecule has 0 saturated carbocycles. The van der Waals surface area contributed by atoms with E-state index in [0.717, 1.165) is 27.9 Å². The van der Waals surface area contributed by atoms with Crippen LogP contribution in [0.15, 0.2) is 34.1 Å². The van der Waals surface area contributed by atoms with E-state index in [9.17, 15) is 0 Å². The van der Waals surface area contributed by atoms with Gasteiger partial charge in [-0.05, 0) is 45.6 Å². The minimum absolute atomic E-state index is 0.528. The molecule has 0 N–H and O–H groups in total. The molecule has 0 aliphatic heterocycles. The van der Waals surface area contributed by atoms with Gasteiger partial charge < -0.3 is 4.57 Å². The van der Waals surface area contributed by atoms with Crippen molar-refractivity contribution in [3.63, 3.8) is 0 Å². The third-order valence-corrected chi connectivity index (χ3v) is 5.37. The van der Waals surface area contributed by atoms with Gasteiger partial charge in [-0.25, -0.2) is 4.98 Å².